The number of nitrogens with one attached hydrogen (secondary N) is 1. The van der Waals surface area contributed by atoms with Crippen LogP contribution in [0.3, 0.4) is 0 Å². The van der Waals surface area contributed by atoms with Crippen molar-refractivity contribution in [1.82, 2.24) is 5.32 Å². The Bertz CT molecular complexity index is 400. The first-order valence-corrected chi connectivity index (χ1v) is 7.96. The van der Waals surface area contributed by atoms with Crippen LogP contribution in [-0.2, 0) is 0 Å². The highest BCUT2D eigenvalue weighted by atomic mass is 16.5. The van der Waals surface area contributed by atoms with Gasteiger partial charge in [0.1, 0.15) is 5.75 Å². The molecule has 112 valence electrons. The molecular formula is C18H29NO. The summed E-state index contributed by atoms with van der Waals surface area (Å²) < 4.78 is 5.53. The molecule has 0 aliphatic heterocycles. The van der Waals surface area contributed by atoms with E-state index in [1.165, 1.54) is 31.2 Å². The summed E-state index contributed by atoms with van der Waals surface area (Å²) in [6.07, 6.45) is 5.33. The van der Waals surface area contributed by atoms with Crippen molar-refractivity contribution < 1.29 is 4.74 Å². The number of benzene rings is 1. The van der Waals surface area contributed by atoms with Crippen LogP contribution in [0.4, 0.5) is 0 Å². The van der Waals surface area contributed by atoms with E-state index in [9.17, 15) is 0 Å². The van der Waals surface area contributed by atoms with Crippen LogP contribution in [0.2, 0.25) is 0 Å². The summed E-state index contributed by atoms with van der Waals surface area (Å²) in [5, 5.41) is 3.53. The molecule has 0 amide bonds. The van der Waals surface area contributed by atoms with Crippen LogP contribution in [0, 0.1) is 11.3 Å². The Morgan fingerprint density at radius 2 is 1.80 bits per heavy atom. The van der Waals surface area contributed by atoms with Gasteiger partial charge in [-0.15, -0.1) is 0 Å². The molecule has 20 heavy (non-hydrogen) atoms. The van der Waals surface area contributed by atoms with Crippen LogP contribution < -0.4 is 10.1 Å². The molecule has 1 aromatic rings. The van der Waals surface area contributed by atoms with Crippen molar-refractivity contribution >= 4 is 0 Å². The van der Waals surface area contributed by atoms with E-state index in [4.69, 9.17) is 4.74 Å². The molecule has 2 rings (SSSR count). The van der Waals surface area contributed by atoms with E-state index in [1.807, 2.05) is 6.92 Å². The first kappa shape index (κ1) is 15.4. The highest BCUT2D eigenvalue weighted by Crippen LogP contribution is 2.42. The molecule has 1 aliphatic rings. The van der Waals surface area contributed by atoms with Crippen molar-refractivity contribution in [3.8, 4) is 5.75 Å². The Hall–Kier alpha value is -1.02. The van der Waals surface area contributed by atoms with Crippen LogP contribution in [0.15, 0.2) is 24.3 Å². The summed E-state index contributed by atoms with van der Waals surface area (Å²) in [6, 6.07) is 9.09. The number of hydrogen-bond acceptors (Lipinski definition) is 2. The lowest BCUT2D eigenvalue weighted by Gasteiger charge is -2.38. The maximum Gasteiger partial charge on any atom is 0.119 e. The molecule has 1 aliphatic carbocycles. The Balaban J connectivity index is 2.04. The second-order valence-corrected chi connectivity index (χ2v) is 6.77. The normalized spacial score (nSPS) is 20.6. The predicted molar refractivity (Wildman–Crippen MR) is 85.2 cm³/mol. The first-order chi connectivity index (χ1) is 9.55. The van der Waals surface area contributed by atoms with Gasteiger partial charge < -0.3 is 10.1 Å². The van der Waals surface area contributed by atoms with Gasteiger partial charge in [-0.1, -0.05) is 26.0 Å². The molecule has 1 aromatic carbocycles. The zero-order chi connectivity index (χ0) is 14.6. The van der Waals surface area contributed by atoms with Crippen LogP contribution in [0.1, 0.15) is 58.1 Å². The molecule has 1 atom stereocenters. The van der Waals surface area contributed by atoms with Crippen molar-refractivity contribution in [2.45, 2.75) is 52.5 Å². The van der Waals surface area contributed by atoms with Crippen molar-refractivity contribution in [2.75, 3.05) is 13.7 Å². The maximum absolute atomic E-state index is 5.53. The van der Waals surface area contributed by atoms with E-state index >= 15 is 0 Å². The Kier molecular flexibility index (Phi) is 5.09. The summed E-state index contributed by atoms with van der Waals surface area (Å²) in [6.45, 7) is 7.55. The molecule has 0 heterocycles. The molecule has 1 saturated carbocycles. The van der Waals surface area contributed by atoms with Crippen molar-refractivity contribution in [3.05, 3.63) is 29.8 Å². The zero-order valence-corrected chi connectivity index (χ0v) is 13.4. The van der Waals surface area contributed by atoms with Gasteiger partial charge in [0.15, 0.2) is 0 Å². The van der Waals surface area contributed by atoms with Crippen LogP contribution >= 0.6 is 0 Å². The summed E-state index contributed by atoms with van der Waals surface area (Å²) in [5.74, 6) is 1.72. The second-order valence-electron chi connectivity index (χ2n) is 6.77. The lowest BCUT2D eigenvalue weighted by Crippen LogP contribution is -2.31. The largest absolute Gasteiger partial charge is 0.494 e. The Morgan fingerprint density at radius 3 is 2.30 bits per heavy atom. The second kappa shape index (κ2) is 6.62. The van der Waals surface area contributed by atoms with Crippen molar-refractivity contribution in [3.63, 3.8) is 0 Å². The molecule has 0 saturated heterocycles. The third kappa shape index (κ3) is 3.76. The van der Waals surface area contributed by atoms with Crippen LogP contribution in [0.25, 0.3) is 0 Å². The fraction of sp³-hybridized carbons (Fsp3) is 0.667. The summed E-state index contributed by atoms with van der Waals surface area (Å²) in [4.78, 5) is 0. The molecule has 0 radical (unpaired) electrons. The van der Waals surface area contributed by atoms with Crippen molar-refractivity contribution in [1.29, 1.82) is 0 Å². The van der Waals surface area contributed by atoms with Gasteiger partial charge in [0.05, 0.1) is 6.61 Å². The average Bonchev–Trinajstić information content (AvgIpc) is 2.43. The number of rotatable bonds is 5. The molecule has 2 nitrogen and oxygen atoms in total. The quantitative estimate of drug-likeness (QED) is 0.850. The van der Waals surface area contributed by atoms with Gasteiger partial charge in [-0.3, -0.25) is 0 Å². The van der Waals surface area contributed by atoms with E-state index in [0.29, 0.717) is 11.5 Å². The van der Waals surface area contributed by atoms with Gasteiger partial charge >= 0.3 is 0 Å². The minimum absolute atomic E-state index is 0.474. The smallest absolute Gasteiger partial charge is 0.119 e. The molecule has 0 bridgehead atoms. The van der Waals surface area contributed by atoms with Crippen LogP contribution in [-0.4, -0.2) is 13.7 Å². The monoisotopic (exact) mass is 275 g/mol. The highest BCUT2D eigenvalue weighted by molar-refractivity contribution is 5.29. The zero-order valence-electron chi connectivity index (χ0n) is 13.4. The van der Waals surface area contributed by atoms with Gasteiger partial charge in [-0.25, -0.2) is 0 Å². The summed E-state index contributed by atoms with van der Waals surface area (Å²) in [7, 11) is 2.08. The minimum atomic E-state index is 0.474. The SMILES string of the molecule is CCOc1ccc(C(NC)C2CCC(C)(C)CC2)cc1. The fourth-order valence-electron chi connectivity index (χ4n) is 3.37. The van der Waals surface area contributed by atoms with E-state index < -0.39 is 0 Å². The topological polar surface area (TPSA) is 21.3 Å². The summed E-state index contributed by atoms with van der Waals surface area (Å²) in [5.41, 5.74) is 1.92. The average molecular weight is 275 g/mol. The number of ether oxygens (including phenoxy) is 1. The van der Waals surface area contributed by atoms with Gasteiger partial charge in [0, 0.05) is 6.04 Å². The highest BCUT2D eigenvalue weighted by Gasteiger charge is 2.31. The third-order valence-electron chi connectivity index (χ3n) is 4.72. The van der Waals surface area contributed by atoms with Gasteiger partial charge in [-0.05, 0) is 68.7 Å². The van der Waals surface area contributed by atoms with E-state index in [1.54, 1.807) is 0 Å². The third-order valence-corrected chi connectivity index (χ3v) is 4.72. The molecule has 0 spiro atoms. The lowest BCUT2D eigenvalue weighted by atomic mass is 9.70. The van der Waals surface area contributed by atoms with Crippen molar-refractivity contribution in [2.24, 2.45) is 11.3 Å². The molecule has 2 heteroatoms. The Morgan fingerprint density at radius 1 is 1.20 bits per heavy atom. The van der Waals surface area contributed by atoms with Crippen LogP contribution in [0.5, 0.6) is 5.75 Å². The lowest BCUT2D eigenvalue weighted by molar-refractivity contribution is 0.164. The molecule has 1 fully saturated rings. The number of hydrogen-bond donors (Lipinski definition) is 1. The molecule has 1 unspecified atom stereocenters. The summed E-state index contributed by atoms with van der Waals surface area (Å²) >= 11 is 0. The molecule has 0 aromatic heterocycles. The fourth-order valence-corrected chi connectivity index (χ4v) is 3.37. The first-order valence-electron chi connectivity index (χ1n) is 7.96. The van der Waals surface area contributed by atoms with E-state index in [0.717, 1.165) is 18.3 Å². The van der Waals surface area contributed by atoms with Gasteiger partial charge in [-0.2, -0.15) is 0 Å². The van der Waals surface area contributed by atoms with E-state index in [-0.39, 0.29) is 0 Å². The minimum Gasteiger partial charge on any atom is -0.494 e. The molecular weight excluding hydrogens is 246 g/mol. The maximum atomic E-state index is 5.53. The standard InChI is InChI=1S/C18H29NO/c1-5-20-16-8-6-14(7-9-16)17(19-4)15-10-12-18(2,3)13-11-15/h6-9,15,17,19H,5,10-13H2,1-4H3. The Labute approximate surface area is 123 Å². The van der Waals surface area contributed by atoms with Gasteiger partial charge in [0.2, 0.25) is 0 Å². The van der Waals surface area contributed by atoms with Gasteiger partial charge in [0.25, 0.3) is 0 Å². The van der Waals surface area contributed by atoms with E-state index in [2.05, 4.69) is 50.5 Å². The molecule has 1 N–H and O–H groups in total. The predicted octanol–water partition coefficient (Wildman–Crippen LogP) is 4.56.